The summed E-state index contributed by atoms with van der Waals surface area (Å²) in [5.74, 6) is 0.651. The number of ether oxygens (including phenoxy) is 1. The Labute approximate surface area is 216 Å². The molecule has 0 saturated carbocycles. The van der Waals surface area contributed by atoms with Gasteiger partial charge in [0.25, 0.3) is 0 Å². The van der Waals surface area contributed by atoms with Crippen LogP contribution in [0.2, 0.25) is 5.02 Å². The van der Waals surface area contributed by atoms with E-state index in [0.717, 1.165) is 66.7 Å². The summed E-state index contributed by atoms with van der Waals surface area (Å²) in [6.07, 6.45) is 0.784. The van der Waals surface area contributed by atoms with Gasteiger partial charge in [0.2, 0.25) is 5.91 Å². The predicted molar refractivity (Wildman–Crippen MR) is 142 cm³/mol. The zero-order valence-corrected chi connectivity index (χ0v) is 21.7. The molecule has 0 radical (unpaired) electrons. The number of benzene rings is 2. The van der Waals surface area contributed by atoms with Crippen LogP contribution in [-0.2, 0) is 16.0 Å². The molecule has 8 nitrogen and oxygen atoms in total. The van der Waals surface area contributed by atoms with Crippen molar-refractivity contribution < 1.29 is 19.2 Å². The third kappa shape index (κ3) is 6.37. The lowest BCUT2D eigenvalue weighted by Crippen LogP contribution is -2.45. The van der Waals surface area contributed by atoms with Gasteiger partial charge in [-0.25, -0.2) is 0 Å². The zero-order valence-electron chi connectivity index (χ0n) is 20.9. The van der Waals surface area contributed by atoms with E-state index >= 15 is 0 Å². The van der Waals surface area contributed by atoms with Gasteiger partial charge in [-0.1, -0.05) is 28.9 Å². The average molecular weight is 513 g/mol. The molecule has 1 aliphatic rings. The maximum Gasteiger partial charge on any atom is 0.224 e. The van der Waals surface area contributed by atoms with Crippen molar-refractivity contribution in [1.82, 2.24) is 10.1 Å². The molecule has 36 heavy (non-hydrogen) atoms. The second-order valence-corrected chi connectivity index (χ2v) is 9.58. The summed E-state index contributed by atoms with van der Waals surface area (Å²) in [5, 5.41) is 20.6. The van der Waals surface area contributed by atoms with Crippen molar-refractivity contribution in [1.29, 1.82) is 0 Å². The van der Waals surface area contributed by atoms with Crippen molar-refractivity contribution in [2.24, 2.45) is 0 Å². The van der Waals surface area contributed by atoms with Crippen LogP contribution in [0.25, 0.3) is 11.1 Å². The Kier molecular flexibility index (Phi) is 8.51. The van der Waals surface area contributed by atoms with Gasteiger partial charge in [-0.05, 0) is 62.6 Å². The first-order valence-corrected chi connectivity index (χ1v) is 12.6. The number of phenolic OH excluding ortho intramolecular Hbond substituents is 1. The molecule has 1 amide bonds. The molecule has 1 atom stereocenters. The summed E-state index contributed by atoms with van der Waals surface area (Å²) in [6, 6.07) is 11.3. The lowest BCUT2D eigenvalue weighted by molar-refractivity contribution is -0.116. The summed E-state index contributed by atoms with van der Waals surface area (Å²) in [6.45, 7) is 10.1. The van der Waals surface area contributed by atoms with Crippen molar-refractivity contribution in [2.45, 2.75) is 39.7 Å². The fourth-order valence-electron chi connectivity index (χ4n) is 4.43. The number of aromatic hydroxyl groups is 1. The largest absolute Gasteiger partial charge is 0.506 e. The van der Waals surface area contributed by atoms with Crippen LogP contribution in [0.15, 0.2) is 40.9 Å². The first-order chi connectivity index (χ1) is 17.3. The van der Waals surface area contributed by atoms with Crippen LogP contribution < -0.4 is 10.6 Å². The fourth-order valence-corrected chi connectivity index (χ4v) is 4.64. The average Bonchev–Trinajstić information content (AvgIpc) is 3.22. The Hall–Kier alpha value is -3.07. The maximum absolute atomic E-state index is 12.9. The fraction of sp³-hybridized carbons (Fsp3) is 0.407. The number of hydrogen-bond acceptors (Lipinski definition) is 7. The third-order valence-electron chi connectivity index (χ3n) is 6.53. The van der Waals surface area contributed by atoms with Crippen molar-refractivity contribution in [3.05, 3.63) is 58.4 Å². The molecule has 3 N–H and O–H groups in total. The van der Waals surface area contributed by atoms with Crippen LogP contribution in [0.5, 0.6) is 5.75 Å². The predicted octanol–water partition coefficient (Wildman–Crippen LogP) is 5.02. The number of amides is 1. The van der Waals surface area contributed by atoms with Gasteiger partial charge < -0.3 is 25.0 Å². The highest BCUT2D eigenvalue weighted by Crippen LogP contribution is 2.33. The normalized spacial score (nSPS) is 15.0. The second kappa shape index (κ2) is 11.8. The SMILES string of the molecule is Cc1noc(C)c1-c1ccc(NC[C@H](C)N2CCOCC2)c(NC(=O)CCc2ccc(O)c(Cl)c2)c1. The molecule has 9 heteroatoms. The van der Waals surface area contributed by atoms with Crippen molar-refractivity contribution >= 4 is 28.9 Å². The number of hydrogen-bond donors (Lipinski definition) is 3. The molecule has 0 unspecified atom stereocenters. The molecule has 192 valence electrons. The summed E-state index contributed by atoms with van der Waals surface area (Å²) in [4.78, 5) is 15.3. The monoisotopic (exact) mass is 512 g/mol. The van der Waals surface area contributed by atoms with Gasteiger partial charge in [0.1, 0.15) is 11.5 Å². The van der Waals surface area contributed by atoms with E-state index in [0.29, 0.717) is 18.2 Å². The van der Waals surface area contributed by atoms with E-state index in [1.54, 1.807) is 18.2 Å². The highest BCUT2D eigenvalue weighted by atomic mass is 35.5. The van der Waals surface area contributed by atoms with Crippen LogP contribution in [0.1, 0.15) is 30.4 Å². The molecule has 1 aliphatic heterocycles. The topological polar surface area (TPSA) is 99.9 Å². The van der Waals surface area contributed by atoms with Gasteiger partial charge in [-0.2, -0.15) is 0 Å². The number of phenols is 1. The van der Waals surface area contributed by atoms with Crippen LogP contribution in [0, 0.1) is 13.8 Å². The van der Waals surface area contributed by atoms with Gasteiger partial charge in [0.05, 0.1) is 35.3 Å². The van der Waals surface area contributed by atoms with Gasteiger partial charge >= 0.3 is 0 Å². The van der Waals surface area contributed by atoms with Crippen molar-refractivity contribution in [3.63, 3.8) is 0 Å². The smallest absolute Gasteiger partial charge is 0.224 e. The minimum absolute atomic E-state index is 0.0306. The molecule has 2 heterocycles. The Balaban J connectivity index is 1.50. The molecule has 0 bridgehead atoms. The standard InChI is InChI=1S/C27H33ClN4O4/c1-17(32-10-12-35-13-11-32)16-29-23-7-6-21(27-18(2)31-36-19(27)3)15-24(23)30-26(34)9-5-20-4-8-25(33)22(28)14-20/h4,6-8,14-15,17,29,33H,5,9-13,16H2,1-3H3,(H,30,34)/t17-/m0/s1. The molecule has 1 fully saturated rings. The van der Waals surface area contributed by atoms with Gasteiger partial charge in [-0.15, -0.1) is 0 Å². The Morgan fingerprint density at radius 3 is 2.64 bits per heavy atom. The van der Waals surface area contributed by atoms with Crippen molar-refractivity contribution in [2.75, 3.05) is 43.5 Å². The molecule has 1 aromatic heterocycles. The van der Waals surface area contributed by atoms with Crippen LogP contribution in [0.4, 0.5) is 11.4 Å². The highest BCUT2D eigenvalue weighted by Gasteiger charge is 2.19. The maximum atomic E-state index is 12.9. The Morgan fingerprint density at radius 1 is 1.17 bits per heavy atom. The minimum atomic E-state index is -0.112. The number of morpholine rings is 1. The number of carbonyl (C=O) groups excluding carboxylic acids is 1. The summed E-state index contributed by atoms with van der Waals surface area (Å²) < 4.78 is 10.8. The van der Waals surface area contributed by atoms with Crippen LogP contribution >= 0.6 is 11.6 Å². The van der Waals surface area contributed by atoms with E-state index in [1.807, 2.05) is 32.0 Å². The zero-order chi connectivity index (χ0) is 25.7. The first-order valence-electron chi connectivity index (χ1n) is 12.2. The molecule has 0 spiro atoms. The third-order valence-corrected chi connectivity index (χ3v) is 6.83. The number of nitrogens with zero attached hydrogens (tertiary/aromatic N) is 2. The molecular weight excluding hydrogens is 480 g/mol. The summed E-state index contributed by atoms with van der Waals surface area (Å²) in [5.41, 5.74) is 5.10. The second-order valence-electron chi connectivity index (χ2n) is 9.17. The van der Waals surface area contributed by atoms with Crippen molar-refractivity contribution in [3.8, 4) is 16.9 Å². The van der Waals surface area contributed by atoms with Crippen LogP contribution in [0.3, 0.4) is 0 Å². The van der Waals surface area contributed by atoms with E-state index in [-0.39, 0.29) is 23.1 Å². The number of nitrogens with one attached hydrogen (secondary N) is 2. The van der Waals surface area contributed by atoms with Gasteiger partial charge in [0.15, 0.2) is 0 Å². The number of anilines is 2. The minimum Gasteiger partial charge on any atom is -0.506 e. The molecule has 4 rings (SSSR count). The molecule has 3 aromatic rings. The van der Waals surface area contributed by atoms with E-state index in [2.05, 4.69) is 27.6 Å². The van der Waals surface area contributed by atoms with E-state index in [1.165, 1.54) is 0 Å². The first kappa shape index (κ1) is 26.0. The molecule has 2 aromatic carbocycles. The van der Waals surface area contributed by atoms with Gasteiger partial charge in [0, 0.05) is 37.7 Å². The molecule has 0 aliphatic carbocycles. The molecule has 1 saturated heterocycles. The number of carbonyl (C=O) groups is 1. The quantitative estimate of drug-likeness (QED) is 0.370. The van der Waals surface area contributed by atoms with E-state index in [9.17, 15) is 9.90 Å². The molecular formula is C27H33ClN4O4. The van der Waals surface area contributed by atoms with E-state index in [4.69, 9.17) is 20.9 Å². The summed E-state index contributed by atoms with van der Waals surface area (Å²) in [7, 11) is 0. The number of halogens is 1. The Bertz CT molecular complexity index is 1190. The number of rotatable bonds is 9. The summed E-state index contributed by atoms with van der Waals surface area (Å²) >= 11 is 6.01. The lowest BCUT2D eigenvalue weighted by atomic mass is 10.0. The van der Waals surface area contributed by atoms with E-state index < -0.39 is 0 Å². The Morgan fingerprint density at radius 2 is 1.94 bits per heavy atom. The van der Waals surface area contributed by atoms with Gasteiger partial charge in [-0.3, -0.25) is 9.69 Å². The van der Waals surface area contributed by atoms with Crippen LogP contribution in [-0.4, -0.2) is 60.0 Å². The highest BCUT2D eigenvalue weighted by molar-refractivity contribution is 6.32. The number of aromatic nitrogens is 1. The number of aryl methyl sites for hydroxylation is 3. The lowest BCUT2D eigenvalue weighted by Gasteiger charge is -2.32.